The van der Waals surface area contributed by atoms with E-state index in [1.54, 1.807) is 0 Å². The number of nitriles is 1. The molecule has 0 bridgehead atoms. The molecule has 1 aromatic heterocycles. The predicted octanol–water partition coefficient (Wildman–Crippen LogP) is 3.19. The van der Waals surface area contributed by atoms with Crippen LogP contribution in [-0.4, -0.2) is 16.1 Å². The van der Waals surface area contributed by atoms with E-state index >= 15 is 0 Å². The van der Waals surface area contributed by atoms with Gasteiger partial charge in [0.05, 0.1) is 16.8 Å². The molecule has 1 heterocycles. The maximum atomic E-state index is 13.7. The summed E-state index contributed by atoms with van der Waals surface area (Å²) < 4.78 is 13.7. The first kappa shape index (κ1) is 13.8. The molecule has 0 aliphatic heterocycles. The van der Waals surface area contributed by atoms with Crippen molar-refractivity contribution in [2.24, 2.45) is 0 Å². The summed E-state index contributed by atoms with van der Waals surface area (Å²) >= 11 is 5.93. The van der Waals surface area contributed by atoms with Crippen LogP contribution in [-0.2, 0) is 0 Å². The van der Waals surface area contributed by atoms with Gasteiger partial charge in [0.1, 0.15) is 16.9 Å². The molecule has 0 fully saturated rings. The summed E-state index contributed by atoms with van der Waals surface area (Å²) in [5.74, 6) is -1.86. The first-order valence-electron chi connectivity index (χ1n) is 5.37. The molecule has 7 heteroatoms. The summed E-state index contributed by atoms with van der Waals surface area (Å²) in [6, 6.07) is 6.69. The predicted molar refractivity (Wildman–Crippen MR) is 70.6 cm³/mol. The van der Waals surface area contributed by atoms with Gasteiger partial charge in [0.25, 0.3) is 0 Å². The largest absolute Gasteiger partial charge is 0.478 e. The third-order valence-electron chi connectivity index (χ3n) is 2.48. The van der Waals surface area contributed by atoms with Gasteiger partial charge in [-0.2, -0.15) is 5.26 Å². The van der Waals surface area contributed by atoms with Gasteiger partial charge in [0.2, 0.25) is 0 Å². The van der Waals surface area contributed by atoms with Crippen molar-refractivity contribution in [1.29, 1.82) is 5.26 Å². The minimum absolute atomic E-state index is 0.0134. The molecule has 5 nitrogen and oxygen atoms in total. The SMILES string of the molecule is N#Cc1ccnc(Nc2ccc(C(=O)O)cc2F)c1Cl. The molecule has 2 N–H and O–H groups in total. The highest BCUT2D eigenvalue weighted by Crippen LogP contribution is 2.27. The molecular formula is C13H7ClFN3O2. The van der Waals surface area contributed by atoms with E-state index in [4.69, 9.17) is 22.0 Å². The van der Waals surface area contributed by atoms with Crippen LogP contribution in [0.5, 0.6) is 0 Å². The Bertz CT molecular complexity index is 728. The van der Waals surface area contributed by atoms with E-state index in [2.05, 4.69) is 10.3 Å². The van der Waals surface area contributed by atoms with Crippen molar-refractivity contribution in [3.8, 4) is 6.07 Å². The lowest BCUT2D eigenvalue weighted by atomic mass is 10.2. The number of halogens is 2. The van der Waals surface area contributed by atoms with Crippen LogP contribution in [0.4, 0.5) is 15.9 Å². The lowest BCUT2D eigenvalue weighted by Gasteiger charge is -2.09. The Morgan fingerprint density at radius 1 is 1.45 bits per heavy atom. The number of carbonyl (C=O) groups is 1. The monoisotopic (exact) mass is 291 g/mol. The second kappa shape index (κ2) is 5.55. The van der Waals surface area contributed by atoms with Gasteiger partial charge in [0.15, 0.2) is 5.82 Å². The van der Waals surface area contributed by atoms with Crippen molar-refractivity contribution >= 4 is 29.1 Å². The summed E-state index contributed by atoms with van der Waals surface area (Å²) in [7, 11) is 0. The van der Waals surface area contributed by atoms with Gasteiger partial charge in [-0.15, -0.1) is 0 Å². The molecule has 0 amide bonds. The highest BCUT2D eigenvalue weighted by Gasteiger charge is 2.12. The molecule has 0 unspecified atom stereocenters. The Balaban J connectivity index is 2.36. The van der Waals surface area contributed by atoms with E-state index in [0.29, 0.717) is 0 Å². The number of rotatable bonds is 3. The van der Waals surface area contributed by atoms with E-state index in [0.717, 1.165) is 6.07 Å². The summed E-state index contributed by atoms with van der Waals surface area (Å²) in [4.78, 5) is 14.6. The van der Waals surface area contributed by atoms with Gasteiger partial charge in [-0.05, 0) is 24.3 Å². The molecule has 0 saturated carbocycles. The molecule has 20 heavy (non-hydrogen) atoms. The zero-order chi connectivity index (χ0) is 14.7. The Morgan fingerprint density at radius 3 is 2.80 bits per heavy atom. The number of benzene rings is 1. The number of pyridine rings is 1. The van der Waals surface area contributed by atoms with Crippen LogP contribution in [0.3, 0.4) is 0 Å². The first-order valence-corrected chi connectivity index (χ1v) is 5.75. The van der Waals surface area contributed by atoms with Gasteiger partial charge < -0.3 is 10.4 Å². The normalized spacial score (nSPS) is 9.85. The average molecular weight is 292 g/mol. The maximum absolute atomic E-state index is 13.7. The van der Waals surface area contributed by atoms with Crippen LogP contribution in [0.15, 0.2) is 30.5 Å². The standard InChI is InChI=1S/C13H7ClFN3O2/c14-11-8(6-16)3-4-17-12(11)18-10-2-1-7(13(19)20)5-9(10)15/h1-5H,(H,17,18)(H,19,20). The third-order valence-corrected chi connectivity index (χ3v) is 2.86. The number of aromatic nitrogens is 1. The summed E-state index contributed by atoms with van der Waals surface area (Å²) in [5.41, 5.74) is 0.0455. The Kier molecular flexibility index (Phi) is 3.82. The van der Waals surface area contributed by atoms with Crippen LogP contribution in [0.1, 0.15) is 15.9 Å². The fourth-order valence-electron chi connectivity index (χ4n) is 1.49. The van der Waals surface area contributed by atoms with E-state index in [-0.39, 0.29) is 27.7 Å². The number of anilines is 2. The van der Waals surface area contributed by atoms with Crippen LogP contribution in [0.2, 0.25) is 5.02 Å². The Labute approximate surface area is 118 Å². The molecule has 0 aliphatic carbocycles. The quantitative estimate of drug-likeness (QED) is 0.907. The molecule has 2 rings (SSSR count). The second-order valence-electron chi connectivity index (χ2n) is 3.76. The van der Waals surface area contributed by atoms with Crippen LogP contribution >= 0.6 is 11.6 Å². The van der Waals surface area contributed by atoms with Crippen molar-refractivity contribution in [3.63, 3.8) is 0 Å². The fourth-order valence-corrected chi connectivity index (χ4v) is 1.70. The molecule has 2 aromatic rings. The molecular weight excluding hydrogens is 285 g/mol. The van der Waals surface area contributed by atoms with Crippen LogP contribution < -0.4 is 5.32 Å². The van der Waals surface area contributed by atoms with Gasteiger partial charge in [-0.25, -0.2) is 14.2 Å². The maximum Gasteiger partial charge on any atom is 0.335 e. The van der Waals surface area contributed by atoms with Crippen molar-refractivity contribution in [2.75, 3.05) is 5.32 Å². The third kappa shape index (κ3) is 2.68. The van der Waals surface area contributed by atoms with E-state index in [1.807, 2.05) is 6.07 Å². The summed E-state index contributed by atoms with van der Waals surface area (Å²) in [6.07, 6.45) is 1.36. The van der Waals surface area contributed by atoms with E-state index in [9.17, 15) is 9.18 Å². The number of nitrogens with one attached hydrogen (secondary N) is 1. The average Bonchev–Trinajstić information content (AvgIpc) is 2.43. The molecule has 0 atom stereocenters. The van der Waals surface area contributed by atoms with Crippen LogP contribution in [0.25, 0.3) is 0 Å². The van der Waals surface area contributed by atoms with Crippen molar-refractivity contribution in [1.82, 2.24) is 4.98 Å². The lowest BCUT2D eigenvalue weighted by molar-refractivity contribution is 0.0696. The van der Waals surface area contributed by atoms with Crippen molar-refractivity contribution in [2.45, 2.75) is 0 Å². The highest BCUT2D eigenvalue weighted by atomic mass is 35.5. The van der Waals surface area contributed by atoms with Gasteiger partial charge in [0, 0.05) is 6.20 Å². The Morgan fingerprint density at radius 2 is 2.20 bits per heavy atom. The zero-order valence-electron chi connectivity index (χ0n) is 9.89. The Hall–Kier alpha value is -2.65. The smallest absolute Gasteiger partial charge is 0.335 e. The molecule has 1 aromatic carbocycles. The highest BCUT2D eigenvalue weighted by molar-refractivity contribution is 6.34. The molecule has 100 valence electrons. The number of nitrogens with zero attached hydrogens (tertiary/aromatic N) is 2. The van der Waals surface area contributed by atoms with Crippen LogP contribution in [0, 0.1) is 17.1 Å². The number of carboxylic acids is 1. The van der Waals surface area contributed by atoms with Crippen molar-refractivity contribution < 1.29 is 14.3 Å². The molecule has 0 aliphatic rings. The first-order chi connectivity index (χ1) is 9.52. The number of hydrogen-bond donors (Lipinski definition) is 2. The van der Waals surface area contributed by atoms with E-state index in [1.165, 1.54) is 24.4 Å². The molecule has 0 saturated heterocycles. The van der Waals surface area contributed by atoms with Gasteiger partial charge >= 0.3 is 5.97 Å². The topological polar surface area (TPSA) is 86.0 Å². The lowest BCUT2D eigenvalue weighted by Crippen LogP contribution is -2.01. The van der Waals surface area contributed by atoms with Gasteiger partial charge in [-0.3, -0.25) is 0 Å². The van der Waals surface area contributed by atoms with Crippen molar-refractivity contribution in [3.05, 3.63) is 52.4 Å². The number of aromatic carboxylic acids is 1. The minimum atomic E-state index is -1.22. The fraction of sp³-hybridized carbons (Fsp3) is 0. The summed E-state index contributed by atoms with van der Waals surface area (Å²) in [6.45, 7) is 0. The molecule has 0 radical (unpaired) electrons. The summed E-state index contributed by atoms with van der Waals surface area (Å²) in [5, 5.41) is 20.3. The van der Waals surface area contributed by atoms with E-state index < -0.39 is 11.8 Å². The van der Waals surface area contributed by atoms with Gasteiger partial charge in [-0.1, -0.05) is 11.6 Å². The second-order valence-corrected chi connectivity index (χ2v) is 4.14. The molecule has 0 spiro atoms. The number of carboxylic acid groups (broad SMARTS) is 1. The number of hydrogen-bond acceptors (Lipinski definition) is 4. The zero-order valence-corrected chi connectivity index (χ0v) is 10.6. The minimum Gasteiger partial charge on any atom is -0.478 e.